The summed E-state index contributed by atoms with van der Waals surface area (Å²) < 4.78 is 19.0. The summed E-state index contributed by atoms with van der Waals surface area (Å²) in [6.07, 6.45) is 0.156. The Labute approximate surface area is 232 Å². The third kappa shape index (κ3) is 3.41. The summed E-state index contributed by atoms with van der Waals surface area (Å²) in [5.74, 6) is -1.63. The Morgan fingerprint density at radius 2 is 1.33 bits per heavy atom. The van der Waals surface area contributed by atoms with Gasteiger partial charge < -0.3 is 14.2 Å². The van der Waals surface area contributed by atoms with Gasteiger partial charge in [-0.3, -0.25) is 9.59 Å². The highest BCUT2D eigenvalue weighted by Gasteiger charge is 2.78. The molecule has 3 aromatic carbocycles. The maximum absolute atomic E-state index is 14.4. The Kier molecular flexibility index (Phi) is 6.40. The fourth-order valence-corrected chi connectivity index (χ4v) is 7.59. The van der Waals surface area contributed by atoms with Crippen molar-refractivity contribution >= 4 is 23.3 Å². The number of carbonyl (C=O) groups excluding carboxylic acids is 2. The molecule has 0 spiro atoms. The van der Waals surface area contributed by atoms with E-state index in [-0.39, 0.29) is 25.6 Å². The van der Waals surface area contributed by atoms with Gasteiger partial charge in [-0.15, -0.1) is 11.3 Å². The van der Waals surface area contributed by atoms with Crippen molar-refractivity contribution in [3.63, 3.8) is 0 Å². The first kappa shape index (κ1) is 25.5. The average molecular weight is 539 g/mol. The predicted molar refractivity (Wildman–Crippen MR) is 149 cm³/mol. The van der Waals surface area contributed by atoms with Crippen LogP contribution in [0.15, 0.2) is 102 Å². The van der Waals surface area contributed by atoms with E-state index in [1.807, 2.05) is 78.2 Å². The van der Waals surface area contributed by atoms with E-state index >= 15 is 0 Å². The van der Waals surface area contributed by atoms with Gasteiger partial charge in [-0.25, -0.2) is 0 Å². The summed E-state index contributed by atoms with van der Waals surface area (Å²) in [7, 11) is 0. The highest BCUT2D eigenvalue weighted by Crippen LogP contribution is 2.71. The van der Waals surface area contributed by atoms with Crippen LogP contribution in [0.4, 0.5) is 0 Å². The predicted octanol–water partition coefficient (Wildman–Crippen LogP) is 6.57. The second kappa shape index (κ2) is 9.78. The number of hydrogen-bond donors (Lipinski definition) is 0. The number of benzene rings is 3. The molecule has 3 atom stereocenters. The molecular weight excluding hydrogens is 508 g/mol. The molecule has 1 fully saturated rings. The van der Waals surface area contributed by atoms with Gasteiger partial charge in [-0.1, -0.05) is 91.0 Å². The molecule has 198 valence electrons. The van der Waals surface area contributed by atoms with Gasteiger partial charge in [-0.05, 0) is 54.0 Å². The van der Waals surface area contributed by atoms with E-state index in [0.717, 1.165) is 21.6 Å². The van der Waals surface area contributed by atoms with Gasteiger partial charge in [0.15, 0.2) is 0 Å². The Balaban J connectivity index is 1.79. The summed E-state index contributed by atoms with van der Waals surface area (Å²) >= 11 is 1.60. The largest absolute Gasteiger partial charge is 0.465 e. The van der Waals surface area contributed by atoms with Crippen molar-refractivity contribution in [1.29, 1.82) is 0 Å². The van der Waals surface area contributed by atoms with E-state index in [1.54, 1.807) is 25.2 Å². The quantitative estimate of drug-likeness (QED) is 0.197. The molecule has 1 saturated heterocycles. The Morgan fingerprint density at radius 1 is 0.769 bits per heavy atom. The molecule has 0 N–H and O–H groups in total. The smallest absolute Gasteiger partial charge is 0.327 e. The minimum absolute atomic E-state index is 0.125. The van der Waals surface area contributed by atoms with E-state index in [1.165, 1.54) is 0 Å². The van der Waals surface area contributed by atoms with Crippen molar-refractivity contribution in [2.75, 3.05) is 13.2 Å². The molecule has 6 heteroatoms. The molecule has 0 radical (unpaired) electrons. The molecule has 2 aliphatic heterocycles. The number of carbonyl (C=O) groups is 2. The van der Waals surface area contributed by atoms with Gasteiger partial charge in [0.2, 0.25) is 5.41 Å². The van der Waals surface area contributed by atoms with Crippen molar-refractivity contribution in [3.8, 4) is 0 Å². The normalized spacial score (nSPS) is 24.5. The number of ether oxygens (including phenoxy) is 3. The van der Waals surface area contributed by atoms with Crippen molar-refractivity contribution in [2.45, 2.75) is 37.4 Å². The molecule has 6 rings (SSSR count). The van der Waals surface area contributed by atoms with Gasteiger partial charge in [0.25, 0.3) is 0 Å². The molecule has 0 aliphatic carbocycles. The van der Waals surface area contributed by atoms with Gasteiger partial charge in [0, 0.05) is 10.8 Å². The fraction of sp³-hybridized carbons (Fsp3) is 0.273. The van der Waals surface area contributed by atoms with Crippen LogP contribution in [0.2, 0.25) is 0 Å². The van der Waals surface area contributed by atoms with Crippen LogP contribution in [0.5, 0.6) is 0 Å². The first-order valence-electron chi connectivity index (χ1n) is 13.3. The number of fused-ring (bicyclic) bond motifs is 5. The monoisotopic (exact) mass is 538 g/mol. The van der Waals surface area contributed by atoms with Crippen molar-refractivity contribution in [2.24, 2.45) is 5.41 Å². The van der Waals surface area contributed by atoms with Gasteiger partial charge in [0.05, 0.1) is 13.2 Å². The molecule has 1 aromatic heterocycles. The zero-order valence-corrected chi connectivity index (χ0v) is 22.8. The minimum atomic E-state index is -1.79. The van der Waals surface area contributed by atoms with Crippen LogP contribution in [-0.2, 0) is 35.0 Å². The molecule has 3 heterocycles. The highest BCUT2D eigenvalue weighted by atomic mass is 32.1. The van der Waals surface area contributed by atoms with Gasteiger partial charge in [-0.2, -0.15) is 0 Å². The van der Waals surface area contributed by atoms with E-state index in [2.05, 4.69) is 24.3 Å². The lowest BCUT2D eigenvalue weighted by Gasteiger charge is -2.54. The maximum atomic E-state index is 14.4. The molecule has 2 bridgehead atoms. The Morgan fingerprint density at radius 3 is 1.90 bits per heavy atom. The van der Waals surface area contributed by atoms with Crippen LogP contribution in [-0.4, -0.2) is 25.2 Å². The van der Waals surface area contributed by atoms with Crippen molar-refractivity contribution < 1.29 is 23.8 Å². The summed E-state index contributed by atoms with van der Waals surface area (Å²) in [6.45, 7) is 3.76. The van der Waals surface area contributed by atoms with E-state index in [9.17, 15) is 9.59 Å². The molecule has 4 aromatic rings. The summed E-state index contributed by atoms with van der Waals surface area (Å²) in [4.78, 5) is 29.8. The summed E-state index contributed by atoms with van der Waals surface area (Å²) in [5.41, 5.74) is -0.835. The Bertz CT molecular complexity index is 1470. The lowest BCUT2D eigenvalue weighted by atomic mass is 9.59. The van der Waals surface area contributed by atoms with E-state index < -0.39 is 28.6 Å². The molecule has 0 saturated carbocycles. The number of hydrogen-bond acceptors (Lipinski definition) is 6. The molecule has 39 heavy (non-hydrogen) atoms. The topological polar surface area (TPSA) is 61.8 Å². The summed E-state index contributed by atoms with van der Waals surface area (Å²) in [6, 6.07) is 31.7. The maximum Gasteiger partial charge on any atom is 0.327 e. The zero-order valence-electron chi connectivity index (χ0n) is 22.0. The van der Waals surface area contributed by atoms with Crippen LogP contribution in [0.3, 0.4) is 0 Å². The molecular formula is C33H30O5S. The number of rotatable bonds is 7. The van der Waals surface area contributed by atoms with Crippen LogP contribution < -0.4 is 0 Å². The minimum Gasteiger partial charge on any atom is -0.465 e. The molecule has 2 aliphatic rings. The van der Waals surface area contributed by atoms with Crippen molar-refractivity contribution in [1.82, 2.24) is 0 Å². The van der Waals surface area contributed by atoms with E-state index in [4.69, 9.17) is 14.2 Å². The average Bonchev–Trinajstić information content (AvgIpc) is 3.61. The van der Waals surface area contributed by atoms with Gasteiger partial charge >= 0.3 is 11.9 Å². The van der Waals surface area contributed by atoms with Crippen LogP contribution >= 0.6 is 11.3 Å². The standard InChI is InChI=1S/C33H30O5S/c1-3-36-29(34)31(30(35)37-4-2)22-27(28-20-13-21-39-28)32(23-14-7-5-8-15-23)25-18-11-12-19-26(25)33(31,38-32)24-16-9-6-10-17-24/h5-21,27H,3-4,22H2,1-2H3/t27-,32+,33-/m1/s1. The Hall–Kier alpha value is -3.74. The van der Waals surface area contributed by atoms with Crippen LogP contribution in [0, 0.1) is 5.41 Å². The number of thiophene rings is 1. The second-order valence-corrected chi connectivity index (χ2v) is 10.9. The number of esters is 2. The lowest BCUT2D eigenvalue weighted by molar-refractivity contribution is -0.236. The first-order valence-corrected chi connectivity index (χ1v) is 14.2. The van der Waals surface area contributed by atoms with E-state index in [0.29, 0.717) is 5.56 Å². The SMILES string of the molecule is CCOC(=O)C1(C(=O)OCC)C[C@H](c2cccs2)[C@@]2(c3ccccc3)O[C@]1(c1ccccc1)c1ccccc12. The molecule has 0 unspecified atom stereocenters. The third-order valence-electron chi connectivity index (χ3n) is 8.14. The van der Waals surface area contributed by atoms with Crippen LogP contribution in [0.25, 0.3) is 0 Å². The molecule has 0 amide bonds. The first-order chi connectivity index (χ1) is 19.1. The highest BCUT2D eigenvalue weighted by molar-refractivity contribution is 7.10. The van der Waals surface area contributed by atoms with Gasteiger partial charge in [0.1, 0.15) is 11.2 Å². The summed E-state index contributed by atoms with van der Waals surface area (Å²) in [5, 5.41) is 2.02. The lowest BCUT2D eigenvalue weighted by Crippen LogP contribution is -2.63. The second-order valence-electron chi connectivity index (χ2n) is 9.91. The fourth-order valence-electron chi connectivity index (χ4n) is 6.71. The van der Waals surface area contributed by atoms with Crippen LogP contribution in [0.1, 0.15) is 53.3 Å². The third-order valence-corrected chi connectivity index (χ3v) is 9.13. The van der Waals surface area contributed by atoms with Crippen molar-refractivity contribution in [3.05, 3.63) is 130 Å². The zero-order chi connectivity index (χ0) is 27.1. The molecule has 5 nitrogen and oxygen atoms in total.